The zero-order valence-corrected chi connectivity index (χ0v) is 19.3. The third kappa shape index (κ3) is 4.54. The minimum absolute atomic E-state index is 0.168. The molecule has 174 valence electrons. The van der Waals surface area contributed by atoms with Gasteiger partial charge in [-0.3, -0.25) is 9.59 Å². The summed E-state index contributed by atoms with van der Waals surface area (Å²) in [7, 11) is 2.13. The van der Waals surface area contributed by atoms with Crippen LogP contribution in [0.5, 0.6) is 5.75 Å². The van der Waals surface area contributed by atoms with Gasteiger partial charge in [-0.25, -0.2) is 0 Å². The van der Waals surface area contributed by atoms with Crippen LogP contribution in [0.1, 0.15) is 51.6 Å². The van der Waals surface area contributed by atoms with Crippen molar-refractivity contribution in [3.63, 3.8) is 0 Å². The van der Waals surface area contributed by atoms with E-state index in [0.717, 1.165) is 43.7 Å². The summed E-state index contributed by atoms with van der Waals surface area (Å²) in [4.78, 5) is 28.5. The Balaban J connectivity index is 1.38. The van der Waals surface area contributed by atoms with E-state index in [9.17, 15) is 9.59 Å². The first-order valence-corrected chi connectivity index (χ1v) is 11.8. The van der Waals surface area contributed by atoms with Crippen molar-refractivity contribution in [1.29, 1.82) is 0 Å². The van der Waals surface area contributed by atoms with Crippen LogP contribution < -0.4 is 15.4 Å². The number of hydrogen-bond donors (Lipinski definition) is 2. The smallest absolute Gasteiger partial charge is 0.255 e. The number of carbonyl (C=O) groups is 2. The summed E-state index contributed by atoms with van der Waals surface area (Å²) in [6, 6.07) is 23.9. The second-order valence-electron chi connectivity index (χ2n) is 9.22. The molecule has 2 N–H and O–H groups in total. The Morgan fingerprint density at radius 1 is 0.882 bits per heavy atom. The highest BCUT2D eigenvalue weighted by Gasteiger charge is 2.43. The summed E-state index contributed by atoms with van der Waals surface area (Å²) in [5, 5.41) is 6.14. The highest BCUT2D eigenvalue weighted by Crippen LogP contribution is 2.44. The molecule has 34 heavy (non-hydrogen) atoms. The monoisotopic (exact) mass is 455 g/mol. The average molecular weight is 456 g/mol. The van der Waals surface area contributed by atoms with Crippen molar-refractivity contribution in [2.24, 2.45) is 0 Å². The van der Waals surface area contributed by atoms with E-state index >= 15 is 0 Å². The first-order chi connectivity index (χ1) is 16.5. The molecule has 0 bridgehead atoms. The number of fused-ring (bicyclic) bond motifs is 1. The molecule has 1 fully saturated rings. The van der Waals surface area contributed by atoms with Crippen LogP contribution in [0.4, 0.5) is 5.69 Å². The standard InChI is InChI=1S/C28H29N3O3/c1-31-17-15-28(16-18-31)19-24(21-11-6-8-14-25(21)34-28)30-27(33)22-12-5-7-13-23(22)29-26(32)20-9-3-2-4-10-20/h2-14,24H,15-19H2,1H3,(H,29,32)(H,30,33). The maximum Gasteiger partial charge on any atom is 0.255 e. The van der Waals surface area contributed by atoms with Gasteiger partial charge in [0.25, 0.3) is 11.8 Å². The Kier molecular flexibility index (Phi) is 6.07. The lowest BCUT2D eigenvalue weighted by Gasteiger charge is -2.46. The van der Waals surface area contributed by atoms with E-state index in [0.29, 0.717) is 16.8 Å². The van der Waals surface area contributed by atoms with E-state index in [1.54, 1.807) is 24.3 Å². The Morgan fingerprint density at radius 3 is 2.35 bits per heavy atom. The number of rotatable bonds is 4. The largest absolute Gasteiger partial charge is 0.487 e. The van der Waals surface area contributed by atoms with Gasteiger partial charge >= 0.3 is 0 Å². The van der Waals surface area contributed by atoms with Crippen molar-refractivity contribution in [2.45, 2.75) is 30.9 Å². The van der Waals surface area contributed by atoms with Crippen molar-refractivity contribution < 1.29 is 14.3 Å². The number of nitrogens with zero attached hydrogens (tertiary/aromatic N) is 1. The molecule has 6 heteroatoms. The molecule has 1 unspecified atom stereocenters. The molecule has 6 nitrogen and oxygen atoms in total. The van der Waals surface area contributed by atoms with E-state index in [4.69, 9.17) is 4.74 Å². The fourth-order valence-electron chi connectivity index (χ4n) is 4.89. The number of amides is 2. The molecule has 2 amide bonds. The van der Waals surface area contributed by atoms with Crippen molar-refractivity contribution in [3.8, 4) is 5.75 Å². The van der Waals surface area contributed by atoms with Crippen molar-refractivity contribution >= 4 is 17.5 Å². The van der Waals surface area contributed by atoms with Crippen molar-refractivity contribution in [1.82, 2.24) is 10.2 Å². The van der Waals surface area contributed by atoms with Crippen LogP contribution in [0.15, 0.2) is 78.9 Å². The van der Waals surface area contributed by atoms with Crippen LogP contribution in [0.3, 0.4) is 0 Å². The Bertz CT molecular complexity index is 1190. The van der Waals surface area contributed by atoms with Gasteiger partial charge in [-0.1, -0.05) is 48.5 Å². The zero-order chi connectivity index (χ0) is 23.5. The normalized spacial score (nSPS) is 19.0. The highest BCUT2D eigenvalue weighted by atomic mass is 16.5. The van der Waals surface area contributed by atoms with Gasteiger partial charge in [0.1, 0.15) is 11.4 Å². The quantitative estimate of drug-likeness (QED) is 0.601. The molecule has 2 aliphatic rings. The number of ether oxygens (including phenoxy) is 1. The van der Waals surface area contributed by atoms with Crippen LogP contribution >= 0.6 is 0 Å². The summed E-state index contributed by atoms with van der Waals surface area (Å²) in [6.45, 7) is 1.94. The molecule has 1 saturated heterocycles. The number of para-hydroxylation sites is 2. The molecule has 1 spiro atoms. The zero-order valence-electron chi connectivity index (χ0n) is 19.3. The number of anilines is 1. The lowest BCUT2D eigenvalue weighted by atomic mass is 9.80. The molecule has 0 saturated carbocycles. The predicted molar refractivity (Wildman–Crippen MR) is 132 cm³/mol. The summed E-state index contributed by atoms with van der Waals surface area (Å²) in [6.07, 6.45) is 2.57. The lowest BCUT2D eigenvalue weighted by molar-refractivity contribution is -0.0195. The maximum atomic E-state index is 13.5. The minimum Gasteiger partial charge on any atom is -0.487 e. The third-order valence-electron chi connectivity index (χ3n) is 6.86. The Labute approximate surface area is 199 Å². The number of likely N-dealkylation sites (tertiary alicyclic amines) is 1. The first kappa shape index (κ1) is 22.2. The molecule has 0 radical (unpaired) electrons. The Morgan fingerprint density at radius 2 is 1.56 bits per heavy atom. The topological polar surface area (TPSA) is 70.7 Å². The van der Waals surface area contributed by atoms with Crippen LogP contribution in [-0.2, 0) is 0 Å². The molecule has 2 heterocycles. The second kappa shape index (κ2) is 9.31. The SMILES string of the molecule is CN1CCC2(CC1)CC(NC(=O)c1ccccc1NC(=O)c1ccccc1)c1ccccc1O2. The number of nitrogens with one attached hydrogen (secondary N) is 2. The van der Waals surface area contributed by atoms with Crippen LogP contribution in [0.25, 0.3) is 0 Å². The van der Waals surface area contributed by atoms with Gasteiger partial charge in [-0.2, -0.15) is 0 Å². The van der Waals surface area contributed by atoms with Crippen LogP contribution in [-0.4, -0.2) is 42.5 Å². The molecular formula is C28H29N3O3. The average Bonchev–Trinajstić information content (AvgIpc) is 2.87. The third-order valence-corrected chi connectivity index (χ3v) is 6.86. The summed E-state index contributed by atoms with van der Waals surface area (Å²) >= 11 is 0. The van der Waals surface area contributed by atoms with E-state index < -0.39 is 0 Å². The van der Waals surface area contributed by atoms with E-state index in [-0.39, 0.29) is 23.5 Å². The van der Waals surface area contributed by atoms with Crippen molar-refractivity contribution in [2.75, 3.05) is 25.5 Å². The summed E-state index contributed by atoms with van der Waals surface area (Å²) in [5.74, 6) is 0.380. The van der Waals surface area contributed by atoms with Gasteiger partial charge in [0, 0.05) is 30.6 Å². The number of hydrogen-bond acceptors (Lipinski definition) is 4. The number of piperidine rings is 1. The second-order valence-corrected chi connectivity index (χ2v) is 9.22. The van der Waals surface area contributed by atoms with Gasteiger partial charge in [-0.05, 0) is 50.2 Å². The number of carbonyl (C=O) groups excluding carboxylic acids is 2. The highest BCUT2D eigenvalue weighted by molar-refractivity contribution is 6.09. The van der Waals surface area contributed by atoms with Gasteiger partial charge in [0.2, 0.25) is 0 Å². The molecular weight excluding hydrogens is 426 g/mol. The minimum atomic E-state index is -0.278. The van der Waals surface area contributed by atoms with E-state index in [1.807, 2.05) is 54.6 Å². The first-order valence-electron chi connectivity index (χ1n) is 11.8. The van der Waals surface area contributed by atoms with Crippen LogP contribution in [0.2, 0.25) is 0 Å². The van der Waals surface area contributed by atoms with Crippen LogP contribution in [0, 0.1) is 0 Å². The fourth-order valence-corrected chi connectivity index (χ4v) is 4.89. The van der Waals surface area contributed by atoms with Gasteiger partial charge in [0.15, 0.2) is 0 Å². The van der Waals surface area contributed by atoms with E-state index in [2.05, 4.69) is 22.6 Å². The summed E-state index contributed by atoms with van der Waals surface area (Å²) < 4.78 is 6.52. The number of benzene rings is 3. The molecule has 3 aromatic carbocycles. The summed E-state index contributed by atoms with van der Waals surface area (Å²) in [5.41, 5.74) is 2.18. The molecule has 0 aromatic heterocycles. The van der Waals surface area contributed by atoms with Gasteiger partial charge < -0.3 is 20.3 Å². The molecule has 3 aromatic rings. The predicted octanol–water partition coefficient (Wildman–Crippen LogP) is 4.66. The lowest BCUT2D eigenvalue weighted by Crippen LogP contribution is -2.51. The van der Waals surface area contributed by atoms with Crippen molar-refractivity contribution in [3.05, 3.63) is 95.6 Å². The molecule has 5 rings (SSSR count). The van der Waals surface area contributed by atoms with E-state index in [1.165, 1.54) is 0 Å². The molecule has 2 aliphatic heterocycles. The molecule has 0 aliphatic carbocycles. The van der Waals surface area contributed by atoms with Gasteiger partial charge in [-0.15, -0.1) is 0 Å². The Hall–Kier alpha value is -3.64. The maximum absolute atomic E-state index is 13.5. The fraction of sp³-hybridized carbons (Fsp3) is 0.286. The molecule has 1 atom stereocenters. The van der Waals surface area contributed by atoms with Gasteiger partial charge in [0.05, 0.1) is 17.3 Å².